The van der Waals surface area contributed by atoms with Crippen molar-refractivity contribution in [3.8, 4) is 0 Å². The van der Waals surface area contributed by atoms with E-state index in [2.05, 4.69) is 6.92 Å². The molecule has 29 heavy (non-hydrogen) atoms. The highest BCUT2D eigenvalue weighted by Gasteiger charge is 2.66. The number of aliphatic hydroxyl groups excluding tert-OH is 1. The second-order valence-electron chi connectivity index (χ2n) is 11.3. The predicted molar refractivity (Wildman–Crippen MR) is 109 cm³/mol. The summed E-state index contributed by atoms with van der Waals surface area (Å²) in [6.07, 6.45) is 9.21. The third-order valence-electron chi connectivity index (χ3n) is 9.72. The van der Waals surface area contributed by atoms with E-state index in [0.29, 0.717) is 30.8 Å². The SMILES string of the molecule is CC(C)C(=O)OC[C@@H]1C[C@@]23CCC4[C@](CO)(C(=O)O)CCC[C@@]4(C)C2CC[C@@H]1C3. The Morgan fingerprint density at radius 3 is 2.48 bits per heavy atom. The number of ether oxygens (including phenoxy) is 1. The zero-order valence-electron chi connectivity index (χ0n) is 18.3. The lowest BCUT2D eigenvalue weighted by molar-refractivity contribution is -0.191. The summed E-state index contributed by atoms with van der Waals surface area (Å²) in [5, 5.41) is 20.2. The van der Waals surface area contributed by atoms with Crippen LogP contribution in [0, 0.1) is 45.8 Å². The molecule has 2 N–H and O–H groups in total. The molecule has 2 unspecified atom stereocenters. The maximum Gasteiger partial charge on any atom is 0.312 e. The molecule has 0 aromatic heterocycles. The van der Waals surface area contributed by atoms with Crippen LogP contribution in [0.5, 0.6) is 0 Å². The summed E-state index contributed by atoms with van der Waals surface area (Å²) in [4.78, 5) is 24.2. The van der Waals surface area contributed by atoms with Crippen molar-refractivity contribution in [3.05, 3.63) is 0 Å². The molecule has 4 fully saturated rings. The first-order valence-corrected chi connectivity index (χ1v) is 11.7. The van der Waals surface area contributed by atoms with Gasteiger partial charge in [-0.25, -0.2) is 0 Å². The van der Waals surface area contributed by atoms with Crippen LogP contribution in [-0.4, -0.2) is 35.4 Å². The maximum absolute atomic E-state index is 12.3. The molecule has 164 valence electrons. The van der Waals surface area contributed by atoms with E-state index in [1.807, 2.05) is 13.8 Å². The Bertz CT molecular complexity index is 674. The molecule has 0 saturated heterocycles. The van der Waals surface area contributed by atoms with Crippen molar-refractivity contribution in [3.63, 3.8) is 0 Å². The maximum atomic E-state index is 12.3. The van der Waals surface area contributed by atoms with Gasteiger partial charge in [0, 0.05) is 0 Å². The topological polar surface area (TPSA) is 83.8 Å². The van der Waals surface area contributed by atoms with Crippen LogP contribution in [0.3, 0.4) is 0 Å². The average Bonchev–Trinajstić information content (AvgIpc) is 2.94. The van der Waals surface area contributed by atoms with Crippen LogP contribution in [0.2, 0.25) is 0 Å². The molecule has 4 aliphatic rings. The molecule has 0 amide bonds. The molecule has 5 nitrogen and oxygen atoms in total. The first-order valence-electron chi connectivity index (χ1n) is 11.7. The van der Waals surface area contributed by atoms with E-state index in [1.54, 1.807) is 0 Å². The molecule has 0 heterocycles. The number of aliphatic carboxylic acids is 1. The third kappa shape index (κ3) is 3.05. The summed E-state index contributed by atoms with van der Waals surface area (Å²) >= 11 is 0. The standard InChI is InChI=1S/C24H38O5/c1-15(2)20(26)29-13-17-12-23-10-7-19-22(3,18(23)6-5-16(17)11-23)8-4-9-24(19,14-25)21(27)28/h15-19,25H,4-14H2,1-3H3,(H,27,28)/t16-,17+,18?,19?,22+,23+,24+/m1/s1. The molecule has 2 bridgehead atoms. The number of carboxylic acid groups (broad SMARTS) is 1. The van der Waals surface area contributed by atoms with E-state index in [4.69, 9.17) is 4.74 Å². The quantitative estimate of drug-likeness (QED) is 0.666. The van der Waals surface area contributed by atoms with Crippen molar-refractivity contribution in [1.82, 2.24) is 0 Å². The number of hydrogen-bond donors (Lipinski definition) is 2. The van der Waals surface area contributed by atoms with Gasteiger partial charge in [0.1, 0.15) is 0 Å². The fraction of sp³-hybridized carbons (Fsp3) is 0.917. The Balaban J connectivity index is 1.57. The van der Waals surface area contributed by atoms with E-state index >= 15 is 0 Å². The van der Waals surface area contributed by atoms with Crippen LogP contribution < -0.4 is 0 Å². The smallest absolute Gasteiger partial charge is 0.312 e. The van der Waals surface area contributed by atoms with Crippen molar-refractivity contribution >= 4 is 11.9 Å². The summed E-state index contributed by atoms with van der Waals surface area (Å²) in [7, 11) is 0. The van der Waals surface area contributed by atoms with E-state index in [-0.39, 0.29) is 35.2 Å². The van der Waals surface area contributed by atoms with Crippen molar-refractivity contribution < 1.29 is 24.5 Å². The zero-order valence-corrected chi connectivity index (χ0v) is 18.3. The Labute approximate surface area is 174 Å². The van der Waals surface area contributed by atoms with Crippen LogP contribution in [-0.2, 0) is 14.3 Å². The number of fused-ring (bicyclic) bond motifs is 3. The van der Waals surface area contributed by atoms with Gasteiger partial charge >= 0.3 is 11.9 Å². The number of carbonyl (C=O) groups excluding carboxylic acids is 1. The normalized spacial score (nSPS) is 46.1. The first-order chi connectivity index (χ1) is 13.7. The molecular weight excluding hydrogens is 368 g/mol. The molecule has 0 aromatic rings. The fourth-order valence-corrected chi connectivity index (χ4v) is 8.46. The number of carbonyl (C=O) groups is 2. The summed E-state index contributed by atoms with van der Waals surface area (Å²) in [6, 6.07) is 0. The van der Waals surface area contributed by atoms with Crippen molar-refractivity contribution in [1.29, 1.82) is 0 Å². The minimum absolute atomic E-state index is 0.00785. The molecule has 4 aliphatic carbocycles. The Kier molecular flexibility index (Phi) is 5.28. The van der Waals surface area contributed by atoms with Crippen molar-refractivity contribution in [2.24, 2.45) is 45.8 Å². The first kappa shape index (κ1) is 21.1. The van der Waals surface area contributed by atoms with E-state index < -0.39 is 11.4 Å². The lowest BCUT2D eigenvalue weighted by Crippen LogP contribution is -2.60. The number of carboxylic acids is 1. The van der Waals surface area contributed by atoms with Gasteiger partial charge in [-0.15, -0.1) is 0 Å². The number of rotatable bonds is 5. The molecule has 0 aliphatic heterocycles. The van der Waals surface area contributed by atoms with Crippen LogP contribution in [0.25, 0.3) is 0 Å². The van der Waals surface area contributed by atoms with Gasteiger partial charge < -0.3 is 14.9 Å². The van der Waals surface area contributed by atoms with Gasteiger partial charge in [-0.3, -0.25) is 9.59 Å². The number of hydrogen-bond acceptors (Lipinski definition) is 4. The van der Waals surface area contributed by atoms with Gasteiger partial charge in [-0.2, -0.15) is 0 Å². The molecule has 4 rings (SSSR count). The molecular formula is C24H38O5. The van der Waals surface area contributed by atoms with E-state index in [9.17, 15) is 19.8 Å². The second kappa shape index (κ2) is 7.25. The van der Waals surface area contributed by atoms with Crippen LogP contribution in [0.4, 0.5) is 0 Å². The minimum Gasteiger partial charge on any atom is -0.481 e. The van der Waals surface area contributed by atoms with E-state index in [0.717, 1.165) is 44.9 Å². The van der Waals surface area contributed by atoms with Gasteiger partial charge in [-0.05, 0) is 85.9 Å². The zero-order chi connectivity index (χ0) is 21.0. The Morgan fingerprint density at radius 1 is 1.07 bits per heavy atom. The number of esters is 1. The Hall–Kier alpha value is -1.10. The molecule has 0 aromatic carbocycles. The van der Waals surface area contributed by atoms with Gasteiger partial charge in [0.15, 0.2) is 0 Å². The highest BCUT2D eigenvalue weighted by atomic mass is 16.5. The number of aliphatic hydroxyl groups is 1. The Morgan fingerprint density at radius 2 is 1.83 bits per heavy atom. The lowest BCUT2D eigenvalue weighted by atomic mass is 9.41. The molecule has 4 saturated carbocycles. The molecule has 5 heteroatoms. The van der Waals surface area contributed by atoms with Crippen molar-refractivity contribution in [2.45, 2.75) is 78.6 Å². The van der Waals surface area contributed by atoms with Crippen LogP contribution >= 0.6 is 0 Å². The summed E-state index contributed by atoms with van der Waals surface area (Å²) < 4.78 is 5.64. The van der Waals surface area contributed by atoms with Gasteiger partial charge in [0.25, 0.3) is 0 Å². The third-order valence-corrected chi connectivity index (χ3v) is 9.72. The minimum atomic E-state index is -0.962. The largest absolute Gasteiger partial charge is 0.481 e. The van der Waals surface area contributed by atoms with Crippen molar-refractivity contribution in [2.75, 3.05) is 13.2 Å². The molecule has 1 spiro atoms. The fourth-order valence-electron chi connectivity index (χ4n) is 8.46. The average molecular weight is 407 g/mol. The van der Waals surface area contributed by atoms with Crippen LogP contribution in [0.1, 0.15) is 78.6 Å². The summed E-state index contributed by atoms with van der Waals surface area (Å²) in [5.74, 6) is 0.701. The van der Waals surface area contributed by atoms with Gasteiger partial charge in [-0.1, -0.05) is 27.2 Å². The van der Waals surface area contributed by atoms with Gasteiger partial charge in [0.05, 0.1) is 24.5 Å². The predicted octanol–water partition coefficient (Wildman–Crippen LogP) is 4.27. The van der Waals surface area contributed by atoms with Gasteiger partial charge in [0.2, 0.25) is 0 Å². The highest BCUT2D eigenvalue weighted by molar-refractivity contribution is 5.75. The van der Waals surface area contributed by atoms with Crippen LogP contribution in [0.15, 0.2) is 0 Å². The second-order valence-corrected chi connectivity index (χ2v) is 11.3. The van der Waals surface area contributed by atoms with E-state index in [1.165, 1.54) is 6.42 Å². The molecule has 7 atom stereocenters. The summed E-state index contributed by atoms with van der Waals surface area (Å²) in [6.45, 7) is 6.41. The monoisotopic (exact) mass is 406 g/mol. The lowest BCUT2D eigenvalue weighted by Gasteiger charge is -2.63. The highest BCUT2D eigenvalue weighted by Crippen LogP contribution is 2.72. The summed E-state index contributed by atoms with van der Waals surface area (Å²) in [5.41, 5.74) is -0.692. The molecule has 0 radical (unpaired) electrons.